The van der Waals surface area contributed by atoms with E-state index < -0.39 is 12.0 Å². The maximum Gasteiger partial charge on any atom is 0.327 e. The molecular formula is C17H18N4O2S. The number of thiazole rings is 1. The number of anilines is 1. The largest absolute Gasteiger partial charge is 0.480 e. The summed E-state index contributed by atoms with van der Waals surface area (Å²) in [4.78, 5) is 23.3. The maximum absolute atomic E-state index is 11.8. The number of rotatable bonds is 6. The fourth-order valence-electron chi connectivity index (χ4n) is 2.47. The number of carboxylic acid groups (broad SMARTS) is 1. The summed E-state index contributed by atoms with van der Waals surface area (Å²) >= 11 is 1.49. The molecule has 0 aliphatic heterocycles. The van der Waals surface area contributed by atoms with Gasteiger partial charge in [0.05, 0.1) is 11.1 Å². The molecule has 124 valence electrons. The first-order valence-corrected chi connectivity index (χ1v) is 8.31. The van der Waals surface area contributed by atoms with Crippen molar-refractivity contribution in [3.63, 3.8) is 0 Å². The minimum atomic E-state index is -0.879. The Morgan fingerprint density at radius 2 is 2.04 bits per heavy atom. The second-order valence-electron chi connectivity index (χ2n) is 5.60. The maximum atomic E-state index is 11.8. The third-order valence-electron chi connectivity index (χ3n) is 3.66. The van der Waals surface area contributed by atoms with Gasteiger partial charge >= 0.3 is 5.97 Å². The molecule has 0 radical (unpaired) electrons. The fraction of sp³-hybridized carbons (Fsp3) is 0.235. The van der Waals surface area contributed by atoms with Gasteiger partial charge in [-0.15, -0.1) is 0 Å². The number of imidazole rings is 1. The molecule has 0 saturated carbocycles. The van der Waals surface area contributed by atoms with Crippen molar-refractivity contribution in [1.82, 2.24) is 14.5 Å². The van der Waals surface area contributed by atoms with E-state index in [9.17, 15) is 9.90 Å². The summed E-state index contributed by atoms with van der Waals surface area (Å²) in [6.45, 7) is 0. The van der Waals surface area contributed by atoms with Crippen LogP contribution in [0.5, 0.6) is 0 Å². The van der Waals surface area contributed by atoms with Crippen molar-refractivity contribution in [2.24, 2.45) is 0 Å². The number of hydrogen-bond acceptors (Lipinski definition) is 5. The van der Waals surface area contributed by atoms with Gasteiger partial charge in [-0.3, -0.25) is 0 Å². The van der Waals surface area contributed by atoms with E-state index in [0.717, 1.165) is 15.6 Å². The van der Waals surface area contributed by atoms with Gasteiger partial charge < -0.3 is 14.6 Å². The highest BCUT2D eigenvalue weighted by Crippen LogP contribution is 2.31. The van der Waals surface area contributed by atoms with Crippen LogP contribution in [0.4, 0.5) is 5.13 Å². The van der Waals surface area contributed by atoms with Crippen molar-refractivity contribution >= 4 is 22.4 Å². The van der Waals surface area contributed by atoms with Gasteiger partial charge in [-0.1, -0.05) is 41.7 Å². The second-order valence-corrected chi connectivity index (χ2v) is 6.61. The van der Waals surface area contributed by atoms with E-state index in [1.54, 1.807) is 23.2 Å². The van der Waals surface area contributed by atoms with E-state index in [-0.39, 0.29) is 0 Å². The summed E-state index contributed by atoms with van der Waals surface area (Å²) in [6.07, 6.45) is 5.48. The van der Waals surface area contributed by atoms with Crippen LogP contribution >= 0.6 is 11.3 Å². The van der Waals surface area contributed by atoms with Gasteiger partial charge in [-0.2, -0.15) is 0 Å². The first kappa shape index (κ1) is 16.2. The molecule has 1 atom stereocenters. The number of hydrogen-bond donors (Lipinski definition) is 1. The number of aromatic nitrogens is 3. The zero-order valence-corrected chi connectivity index (χ0v) is 14.3. The number of benzene rings is 1. The van der Waals surface area contributed by atoms with E-state index in [1.807, 2.05) is 49.3 Å². The van der Waals surface area contributed by atoms with Crippen molar-refractivity contribution in [3.8, 4) is 10.7 Å². The first-order valence-electron chi connectivity index (χ1n) is 7.49. The molecule has 2 aromatic heterocycles. The Kier molecular flexibility index (Phi) is 4.61. The molecule has 0 aliphatic carbocycles. The molecule has 3 rings (SSSR count). The van der Waals surface area contributed by atoms with Crippen LogP contribution in [0.15, 0.2) is 48.9 Å². The monoisotopic (exact) mass is 342 g/mol. The average Bonchev–Trinajstić information content (AvgIpc) is 3.22. The molecule has 0 bridgehead atoms. The van der Waals surface area contributed by atoms with Crippen LogP contribution in [0.25, 0.3) is 10.7 Å². The molecule has 6 nitrogen and oxygen atoms in total. The lowest BCUT2D eigenvalue weighted by molar-refractivity contribution is -0.140. The predicted molar refractivity (Wildman–Crippen MR) is 94.5 cm³/mol. The molecule has 3 aromatic rings. The Balaban J connectivity index is 1.95. The third kappa shape index (κ3) is 3.30. The molecule has 24 heavy (non-hydrogen) atoms. The lowest BCUT2D eigenvalue weighted by Crippen LogP contribution is -2.21. The van der Waals surface area contributed by atoms with Crippen LogP contribution < -0.4 is 4.90 Å². The van der Waals surface area contributed by atoms with Crippen molar-refractivity contribution in [1.29, 1.82) is 0 Å². The van der Waals surface area contributed by atoms with Gasteiger partial charge in [0.1, 0.15) is 6.04 Å². The van der Waals surface area contributed by atoms with E-state index >= 15 is 0 Å². The predicted octanol–water partition coefficient (Wildman–Crippen LogP) is 2.94. The zero-order chi connectivity index (χ0) is 17.1. The Morgan fingerprint density at radius 1 is 1.29 bits per heavy atom. The molecule has 1 aromatic carbocycles. The molecular weight excluding hydrogens is 324 g/mol. The molecule has 1 N–H and O–H groups in total. The quantitative estimate of drug-likeness (QED) is 0.746. The number of nitrogens with zero attached hydrogens (tertiary/aromatic N) is 4. The molecule has 2 heterocycles. The molecule has 0 fully saturated rings. The Bertz CT molecular complexity index is 826. The van der Waals surface area contributed by atoms with Crippen LogP contribution in [-0.2, 0) is 11.2 Å². The van der Waals surface area contributed by atoms with Gasteiger partial charge in [0, 0.05) is 32.9 Å². The number of aliphatic carboxylic acids is 1. The van der Waals surface area contributed by atoms with Gasteiger partial charge in [0.2, 0.25) is 0 Å². The van der Waals surface area contributed by atoms with Gasteiger partial charge in [-0.25, -0.2) is 14.8 Å². The third-order valence-corrected chi connectivity index (χ3v) is 4.82. The first-order chi connectivity index (χ1) is 11.6. The minimum Gasteiger partial charge on any atom is -0.480 e. The van der Waals surface area contributed by atoms with Gasteiger partial charge in [-0.05, 0) is 5.56 Å². The molecule has 0 unspecified atom stereocenters. The van der Waals surface area contributed by atoms with Crippen molar-refractivity contribution in [2.45, 2.75) is 12.5 Å². The van der Waals surface area contributed by atoms with Crippen LogP contribution in [0, 0.1) is 0 Å². The number of carboxylic acids is 1. The van der Waals surface area contributed by atoms with E-state index in [4.69, 9.17) is 0 Å². The Morgan fingerprint density at radius 3 is 2.67 bits per heavy atom. The SMILES string of the molecule is CN(C)c1ncc(-c2nccn2[C@H](Cc2ccccc2)C(=O)O)s1. The summed E-state index contributed by atoms with van der Waals surface area (Å²) in [6, 6.07) is 8.90. The molecule has 0 spiro atoms. The van der Waals surface area contributed by atoms with Crippen molar-refractivity contribution in [3.05, 3.63) is 54.5 Å². The lowest BCUT2D eigenvalue weighted by atomic mass is 10.1. The Labute approximate surface area is 144 Å². The van der Waals surface area contributed by atoms with Crippen molar-refractivity contribution < 1.29 is 9.90 Å². The van der Waals surface area contributed by atoms with Crippen LogP contribution in [-0.4, -0.2) is 39.7 Å². The summed E-state index contributed by atoms with van der Waals surface area (Å²) in [5, 5.41) is 10.6. The zero-order valence-electron chi connectivity index (χ0n) is 13.5. The number of carbonyl (C=O) groups is 1. The van der Waals surface area contributed by atoms with Crippen LogP contribution in [0.2, 0.25) is 0 Å². The minimum absolute atomic E-state index is 0.402. The average molecular weight is 342 g/mol. The normalized spacial score (nSPS) is 12.1. The smallest absolute Gasteiger partial charge is 0.327 e. The molecule has 0 amide bonds. The van der Waals surface area contributed by atoms with E-state index in [2.05, 4.69) is 9.97 Å². The summed E-state index contributed by atoms with van der Waals surface area (Å²) in [5.41, 5.74) is 0.975. The molecule has 7 heteroatoms. The fourth-order valence-corrected chi connectivity index (χ4v) is 3.31. The Hall–Kier alpha value is -2.67. The summed E-state index contributed by atoms with van der Waals surface area (Å²) in [7, 11) is 3.84. The van der Waals surface area contributed by atoms with E-state index in [0.29, 0.717) is 12.2 Å². The van der Waals surface area contributed by atoms with E-state index in [1.165, 1.54) is 11.3 Å². The standard InChI is InChI=1S/C17H18N4O2S/c1-20(2)17-19-11-14(24-17)15-18-8-9-21(15)13(16(22)23)10-12-6-4-3-5-7-12/h3-9,11,13H,10H2,1-2H3,(H,22,23)/t13-/m1/s1. The molecule has 0 saturated heterocycles. The highest BCUT2D eigenvalue weighted by atomic mass is 32.1. The van der Waals surface area contributed by atoms with Crippen LogP contribution in [0.3, 0.4) is 0 Å². The lowest BCUT2D eigenvalue weighted by Gasteiger charge is -2.16. The molecule has 0 aliphatic rings. The highest BCUT2D eigenvalue weighted by Gasteiger charge is 2.24. The van der Waals surface area contributed by atoms with Gasteiger partial charge in [0.25, 0.3) is 0 Å². The van der Waals surface area contributed by atoms with Crippen LogP contribution in [0.1, 0.15) is 11.6 Å². The second kappa shape index (κ2) is 6.84. The summed E-state index contributed by atoms with van der Waals surface area (Å²) < 4.78 is 1.71. The van der Waals surface area contributed by atoms with Crippen molar-refractivity contribution in [2.75, 3.05) is 19.0 Å². The summed E-state index contributed by atoms with van der Waals surface area (Å²) in [5.74, 6) is -0.251. The topological polar surface area (TPSA) is 71.2 Å². The van der Waals surface area contributed by atoms with Gasteiger partial charge in [0.15, 0.2) is 11.0 Å². The highest BCUT2D eigenvalue weighted by molar-refractivity contribution is 7.18.